The van der Waals surface area contributed by atoms with E-state index in [-0.39, 0.29) is 5.56 Å². The Morgan fingerprint density at radius 1 is 1.31 bits per heavy atom. The third-order valence-corrected chi connectivity index (χ3v) is 3.20. The topological polar surface area (TPSA) is 38.9 Å². The summed E-state index contributed by atoms with van der Waals surface area (Å²) in [5.41, 5.74) is 5.65. The lowest BCUT2D eigenvalue weighted by atomic mass is 10.2. The maximum Gasteiger partial charge on any atom is 0.132 e. The molecule has 2 N–H and O–H groups in total. The monoisotopic (exact) mass is 240 g/mol. The fourth-order valence-electron chi connectivity index (χ4n) is 1.36. The maximum atomic E-state index is 13.4. The Morgan fingerprint density at radius 3 is 2.88 bits per heavy atom. The van der Waals surface area contributed by atoms with Crippen molar-refractivity contribution in [1.29, 1.82) is 0 Å². The molecule has 0 saturated heterocycles. The summed E-state index contributed by atoms with van der Waals surface area (Å²) in [4.78, 5) is 4.73. The Balaban J connectivity index is 2.38. The van der Waals surface area contributed by atoms with E-state index in [9.17, 15) is 8.78 Å². The first-order valence-electron chi connectivity index (χ1n) is 4.81. The molecule has 0 fully saturated rings. The molecule has 0 aliphatic rings. The minimum Gasteiger partial charge on any atom is -0.330 e. The van der Waals surface area contributed by atoms with Crippen LogP contribution in [0.2, 0.25) is 0 Å². The van der Waals surface area contributed by atoms with Crippen LogP contribution in [-0.2, 0) is 6.42 Å². The summed E-state index contributed by atoms with van der Waals surface area (Å²) in [5.74, 6) is -0.894. The average molecular weight is 240 g/mol. The lowest BCUT2D eigenvalue weighted by Crippen LogP contribution is -2.01. The number of benzene rings is 1. The Bertz CT molecular complexity index is 496. The number of nitrogens with zero attached hydrogens (tertiary/aromatic N) is 1. The molecule has 0 atom stereocenters. The number of aromatic nitrogens is 1. The number of thiazole rings is 1. The van der Waals surface area contributed by atoms with Crippen LogP contribution >= 0.6 is 11.3 Å². The van der Waals surface area contributed by atoms with E-state index in [1.807, 2.05) is 0 Å². The lowest BCUT2D eigenvalue weighted by Gasteiger charge is -1.98. The van der Waals surface area contributed by atoms with Crippen LogP contribution < -0.4 is 5.73 Å². The zero-order chi connectivity index (χ0) is 11.5. The first-order chi connectivity index (χ1) is 7.70. The van der Waals surface area contributed by atoms with Gasteiger partial charge in [-0.05, 0) is 24.7 Å². The molecule has 0 bridgehead atoms. The molecule has 0 spiro atoms. The normalized spacial score (nSPS) is 10.7. The third kappa shape index (κ3) is 2.25. The minimum absolute atomic E-state index is 0.251. The van der Waals surface area contributed by atoms with E-state index in [1.165, 1.54) is 17.4 Å². The van der Waals surface area contributed by atoms with Gasteiger partial charge in [-0.3, -0.25) is 0 Å². The van der Waals surface area contributed by atoms with Crippen LogP contribution in [0.4, 0.5) is 8.78 Å². The summed E-state index contributed by atoms with van der Waals surface area (Å²) < 4.78 is 26.4. The van der Waals surface area contributed by atoms with E-state index in [1.54, 1.807) is 6.20 Å². The molecule has 0 radical (unpaired) electrons. The molecule has 16 heavy (non-hydrogen) atoms. The van der Waals surface area contributed by atoms with Gasteiger partial charge < -0.3 is 5.73 Å². The molecule has 2 rings (SSSR count). The van der Waals surface area contributed by atoms with Crippen molar-refractivity contribution in [3.63, 3.8) is 0 Å². The molecule has 1 aromatic carbocycles. The summed E-state index contributed by atoms with van der Waals surface area (Å²) in [6, 6.07) is 3.39. The van der Waals surface area contributed by atoms with Crippen molar-refractivity contribution in [3.8, 4) is 10.4 Å². The molecule has 2 nitrogen and oxygen atoms in total. The number of nitrogens with two attached hydrogens (primary N) is 1. The van der Waals surface area contributed by atoms with Gasteiger partial charge in [-0.2, -0.15) is 0 Å². The van der Waals surface area contributed by atoms with Gasteiger partial charge in [-0.15, -0.1) is 11.3 Å². The van der Waals surface area contributed by atoms with Gasteiger partial charge in [0, 0.05) is 18.2 Å². The smallest absolute Gasteiger partial charge is 0.132 e. The lowest BCUT2D eigenvalue weighted by molar-refractivity contribution is 0.603. The fourth-order valence-corrected chi connectivity index (χ4v) is 2.31. The van der Waals surface area contributed by atoms with Crippen LogP contribution in [0, 0.1) is 11.6 Å². The molecule has 0 saturated carbocycles. The largest absolute Gasteiger partial charge is 0.330 e. The zero-order valence-corrected chi connectivity index (χ0v) is 9.23. The molecule has 0 unspecified atom stereocenters. The van der Waals surface area contributed by atoms with Crippen molar-refractivity contribution in [2.75, 3.05) is 6.54 Å². The van der Waals surface area contributed by atoms with Crippen LogP contribution in [0.3, 0.4) is 0 Å². The number of hydrogen-bond acceptors (Lipinski definition) is 3. The highest BCUT2D eigenvalue weighted by molar-refractivity contribution is 7.15. The molecular weight excluding hydrogens is 230 g/mol. The molecule has 0 amide bonds. The summed E-state index contributed by atoms with van der Waals surface area (Å²) >= 11 is 1.34. The highest BCUT2D eigenvalue weighted by Crippen LogP contribution is 2.29. The zero-order valence-electron chi connectivity index (χ0n) is 8.41. The second-order valence-corrected chi connectivity index (χ2v) is 4.40. The van der Waals surface area contributed by atoms with Crippen LogP contribution in [0.1, 0.15) is 5.01 Å². The van der Waals surface area contributed by atoms with E-state index in [0.29, 0.717) is 17.8 Å². The van der Waals surface area contributed by atoms with Crippen LogP contribution in [0.5, 0.6) is 0 Å². The Labute approximate surface area is 95.7 Å². The summed E-state index contributed by atoms with van der Waals surface area (Å²) in [6.45, 7) is 0.499. The van der Waals surface area contributed by atoms with Gasteiger partial charge >= 0.3 is 0 Å². The average Bonchev–Trinajstić information content (AvgIpc) is 2.71. The molecule has 0 aliphatic heterocycles. The number of hydrogen-bond donors (Lipinski definition) is 1. The van der Waals surface area contributed by atoms with Crippen LogP contribution in [0.25, 0.3) is 10.4 Å². The molecule has 1 heterocycles. The molecular formula is C11H10F2N2S. The van der Waals surface area contributed by atoms with Gasteiger partial charge in [0.25, 0.3) is 0 Å². The predicted molar refractivity (Wildman–Crippen MR) is 60.2 cm³/mol. The SMILES string of the molecule is NCCc1ncc(-c2cc(F)ccc2F)s1. The second kappa shape index (κ2) is 4.67. The summed E-state index contributed by atoms with van der Waals surface area (Å²) in [7, 11) is 0. The number of halogens is 2. The second-order valence-electron chi connectivity index (χ2n) is 3.28. The number of rotatable bonds is 3. The van der Waals surface area contributed by atoms with Gasteiger partial charge in [-0.25, -0.2) is 13.8 Å². The van der Waals surface area contributed by atoms with Gasteiger partial charge in [0.05, 0.1) is 9.88 Å². The molecule has 84 valence electrons. The Morgan fingerprint density at radius 2 is 2.12 bits per heavy atom. The van der Waals surface area contributed by atoms with Crippen molar-refractivity contribution in [2.24, 2.45) is 5.73 Å². The summed E-state index contributed by atoms with van der Waals surface area (Å²) in [6.07, 6.45) is 2.20. The first-order valence-corrected chi connectivity index (χ1v) is 5.62. The van der Waals surface area contributed by atoms with Crippen molar-refractivity contribution in [1.82, 2.24) is 4.98 Å². The molecule has 1 aromatic heterocycles. The predicted octanol–water partition coefficient (Wildman–Crippen LogP) is 2.59. The van der Waals surface area contributed by atoms with Crippen molar-refractivity contribution < 1.29 is 8.78 Å². The quantitative estimate of drug-likeness (QED) is 0.895. The fraction of sp³-hybridized carbons (Fsp3) is 0.182. The Kier molecular flexibility index (Phi) is 3.26. The molecule has 5 heteroatoms. The van der Waals surface area contributed by atoms with Gasteiger partial charge in [0.1, 0.15) is 11.6 Å². The first kappa shape index (κ1) is 11.2. The van der Waals surface area contributed by atoms with Crippen molar-refractivity contribution >= 4 is 11.3 Å². The van der Waals surface area contributed by atoms with Gasteiger partial charge in [0.2, 0.25) is 0 Å². The standard InChI is InChI=1S/C11H10F2N2S/c12-7-1-2-9(13)8(5-7)10-6-15-11(16-10)3-4-14/h1-2,5-6H,3-4,14H2. The van der Waals surface area contributed by atoms with E-state index in [4.69, 9.17) is 5.73 Å². The van der Waals surface area contributed by atoms with Gasteiger partial charge in [0.15, 0.2) is 0 Å². The van der Waals surface area contributed by atoms with Gasteiger partial charge in [-0.1, -0.05) is 0 Å². The van der Waals surface area contributed by atoms with E-state index >= 15 is 0 Å². The van der Waals surface area contributed by atoms with E-state index in [2.05, 4.69) is 4.98 Å². The third-order valence-electron chi connectivity index (χ3n) is 2.11. The van der Waals surface area contributed by atoms with Crippen LogP contribution in [0.15, 0.2) is 24.4 Å². The molecule has 0 aliphatic carbocycles. The summed E-state index contributed by atoms with van der Waals surface area (Å²) in [5, 5.41) is 0.834. The van der Waals surface area contributed by atoms with E-state index < -0.39 is 11.6 Å². The maximum absolute atomic E-state index is 13.4. The van der Waals surface area contributed by atoms with Crippen LogP contribution in [-0.4, -0.2) is 11.5 Å². The minimum atomic E-state index is -0.454. The molecule has 2 aromatic rings. The van der Waals surface area contributed by atoms with Crippen molar-refractivity contribution in [3.05, 3.63) is 41.0 Å². The highest BCUT2D eigenvalue weighted by Gasteiger charge is 2.10. The Hall–Kier alpha value is -1.33. The van der Waals surface area contributed by atoms with Crippen molar-refractivity contribution in [2.45, 2.75) is 6.42 Å². The van der Waals surface area contributed by atoms with E-state index in [0.717, 1.165) is 17.1 Å². The highest BCUT2D eigenvalue weighted by atomic mass is 32.1.